The van der Waals surface area contributed by atoms with Crippen molar-refractivity contribution < 1.29 is 9.53 Å². The number of rotatable bonds is 3. The number of hydrogen-bond donors (Lipinski definition) is 0. The summed E-state index contributed by atoms with van der Waals surface area (Å²) in [6, 6.07) is 12.3. The molecule has 0 fully saturated rings. The fraction of sp³-hybridized carbons (Fsp3) is 0.400. The van der Waals surface area contributed by atoms with Crippen LogP contribution in [0.15, 0.2) is 36.4 Å². The standard InChI is InChI=1S/C25H30O2/c1-16(12-18-8-10-19(11-9-18)23(26)27-7)20-14-22-21(13-17(20)2)24(3,4)15-25(22,5)6/h8-14H,15H2,1-7H3. The first kappa shape index (κ1) is 19.4. The number of hydrogen-bond acceptors (Lipinski definition) is 2. The highest BCUT2D eigenvalue weighted by molar-refractivity contribution is 5.90. The summed E-state index contributed by atoms with van der Waals surface area (Å²) in [6.07, 6.45) is 3.36. The van der Waals surface area contributed by atoms with E-state index in [4.69, 9.17) is 4.74 Å². The lowest BCUT2D eigenvalue weighted by Gasteiger charge is -2.22. The lowest BCUT2D eigenvalue weighted by atomic mass is 9.82. The molecule has 0 saturated heterocycles. The Morgan fingerprint density at radius 2 is 1.56 bits per heavy atom. The average Bonchev–Trinajstić information content (AvgIpc) is 2.78. The minimum atomic E-state index is -0.304. The minimum absolute atomic E-state index is 0.198. The molecule has 0 radical (unpaired) electrons. The SMILES string of the molecule is COC(=O)c1ccc(C=C(C)c2cc3c(cc2C)C(C)(C)CC3(C)C)cc1. The first-order valence-corrected chi connectivity index (χ1v) is 9.58. The van der Waals surface area contributed by atoms with Gasteiger partial charge < -0.3 is 4.74 Å². The number of allylic oxidation sites excluding steroid dienone is 1. The Kier molecular flexibility index (Phi) is 4.80. The van der Waals surface area contributed by atoms with E-state index in [-0.39, 0.29) is 16.8 Å². The summed E-state index contributed by atoms with van der Waals surface area (Å²) in [7, 11) is 1.40. The van der Waals surface area contributed by atoms with Gasteiger partial charge in [0.2, 0.25) is 0 Å². The van der Waals surface area contributed by atoms with Crippen LogP contribution in [0.4, 0.5) is 0 Å². The van der Waals surface area contributed by atoms with Crippen LogP contribution in [0.1, 0.15) is 79.2 Å². The number of ether oxygens (including phenoxy) is 1. The summed E-state index contributed by atoms with van der Waals surface area (Å²) in [5.41, 5.74) is 8.90. The molecule has 1 aliphatic carbocycles. The van der Waals surface area contributed by atoms with Crippen LogP contribution >= 0.6 is 0 Å². The quantitative estimate of drug-likeness (QED) is 0.473. The maximum Gasteiger partial charge on any atom is 0.337 e. The molecule has 142 valence electrons. The van der Waals surface area contributed by atoms with E-state index in [0.29, 0.717) is 5.56 Å². The zero-order valence-corrected chi connectivity index (χ0v) is 17.6. The van der Waals surface area contributed by atoms with Crippen LogP contribution < -0.4 is 0 Å². The molecule has 2 aromatic rings. The van der Waals surface area contributed by atoms with Crippen LogP contribution in [0.2, 0.25) is 0 Å². The average molecular weight is 363 g/mol. The molecule has 0 heterocycles. The van der Waals surface area contributed by atoms with Crippen LogP contribution in [0.3, 0.4) is 0 Å². The first-order chi connectivity index (χ1) is 12.5. The van der Waals surface area contributed by atoms with Gasteiger partial charge in [-0.15, -0.1) is 0 Å². The second kappa shape index (κ2) is 6.67. The molecule has 0 spiro atoms. The Morgan fingerprint density at radius 3 is 2.11 bits per heavy atom. The lowest BCUT2D eigenvalue weighted by molar-refractivity contribution is 0.0600. The summed E-state index contributed by atoms with van der Waals surface area (Å²) in [4.78, 5) is 11.6. The Balaban J connectivity index is 1.99. The molecule has 0 N–H and O–H groups in total. The summed E-state index contributed by atoms with van der Waals surface area (Å²) >= 11 is 0. The molecule has 0 saturated carbocycles. The minimum Gasteiger partial charge on any atom is -0.465 e. The zero-order valence-electron chi connectivity index (χ0n) is 17.6. The van der Waals surface area contributed by atoms with Crippen molar-refractivity contribution in [3.63, 3.8) is 0 Å². The number of benzene rings is 2. The largest absolute Gasteiger partial charge is 0.465 e. The maximum absolute atomic E-state index is 11.6. The van der Waals surface area contributed by atoms with E-state index in [0.717, 1.165) is 5.56 Å². The van der Waals surface area contributed by atoms with E-state index >= 15 is 0 Å². The molecule has 27 heavy (non-hydrogen) atoms. The van der Waals surface area contributed by atoms with Crippen molar-refractivity contribution in [2.24, 2.45) is 0 Å². The molecule has 0 bridgehead atoms. The Labute approximate surface area is 163 Å². The third kappa shape index (κ3) is 3.58. The fourth-order valence-electron chi connectivity index (χ4n) is 4.71. The van der Waals surface area contributed by atoms with E-state index in [1.807, 2.05) is 24.3 Å². The van der Waals surface area contributed by atoms with Crippen LogP contribution in [-0.2, 0) is 15.6 Å². The van der Waals surface area contributed by atoms with Crippen molar-refractivity contribution in [3.8, 4) is 0 Å². The highest BCUT2D eigenvalue weighted by Crippen LogP contribution is 2.50. The Hall–Kier alpha value is -2.35. The number of carbonyl (C=O) groups excluding carboxylic acids is 1. The molecular formula is C25H30O2. The Bertz CT molecular complexity index is 912. The number of aryl methyl sites for hydroxylation is 1. The van der Waals surface area contributed by atoms with Crippen molar-refractivity contribution in [3.05, 3.63) is 69.8 Å². The van der Waals surface area contributed by atoms with Crippen molar-refractivity contribution >= 4 is 17.6 Å². The molecule has 2 nitrogen and oxygen atoms in total. The van der Waals surface area contributed by atoms with Gasteiger partial charge in [0.1, 0.15) is 0 Å². The van der Waals surface area contributed by atoms with Gasteiger partial charge in [0, 0.05) is 0 Å². The molecule has 0 amide bonds. The van der Waals surface area contributed by atoms with Gasteiger partial charge in [-0.2, -0.15) is 0 Å². The first-order valence-electron chi connectivity index (χ1n) is 9.58. The van der Waals surface area contributed by atoms with Crippen molar-refractivity contribution in [2.75, 3.05) is 7.11 Å². The summed E-state index contributed by atoms with van der Waals surface area (Å²) < 4.78 is 4.77. The third-order valence-corrected chi connectivity index (χ3v) is 5.85. The predicted molar refractivity (Wildman–Crippen MR) is 113 cm³/mol. The highest BCUT2D eigenvalue weighted by atomic mass is 16.5. The second-order valence-electron chi connectivity index (χ2n) is 9.10. The van der Waals surface area contributed by atoms with Crippen LogP contribution in [-0.4, -0.2) is 13.1 Å². The van der Waals surface area contributed by atoms with E-state index in [1.54, 1.807) is 0 Å². The molecule has 2 aromatic carbocycles. The number of methoxy groups -OCH3 is 1. The predicted octanol–water partition coefficient (Wildman–Crippen LogP) is 6.30. The van der Waals surface area contributed by atoms with Gasteiger partial charge in [0.15, 0.2) is 0 Å². The zero-order chi connectivity index (χ0) is 20.0. The summed E-state index contributed by atoms with van der Waals surface area (Å²) in [5, 5.41) is 0. The van der Waals surface area contributed by atoms with Crippen molar-refractivity contribution in [2.45, 2.75) is 58.8 Å². The number of fused-ring (bicyclic) bond motifs is 1. The van der Waals surface area contributed by atoms with E-state index in [1.165, 1.54) is 41.4 Å². The van der Waals surface area contributed by atoms with Gasteiger partial charge in [0.05, 0.1) is 12.7 Å². The number of carbonyl (C=O) groups is 1. The summed E-state index contributed by atoms with van der Waals surface area (Å²) in [5.74, 6) is -0.304. The molecule has 0 aromatic heterocycles. The topological polar surface area (TPSA) is 26.3 Å². The molecule has 3 rings (SSSR count). The molecule has 0 atom stereocenters. The van der Waals surface area contributed by atoms with Crippen LogP contribution in [0, 0.1) is 6.92 Å². The molecular weight excluding hydrogens is 332 g/mol. The third-order valence-electron chi connectivity index (χ3n) is 5.85. The van der Waals surface area contributed by atoms with E-state index in [9.17, 15) is 4.79 Å². The van der Waals surface area contributed by atoms with Crippen molar-refractivity contribution in [1.82, 2.24) is 0 Å². The van der Waals surface area contributed by atoms with Gasteiger partial charge >= 0.3 is 5.97 Å². The second-order valence-corrected chi connectivity index (χ2v) is 9.10. The smallest absolute Gasteiger partial charge is 0.337 e. The van der Waals surface area contributed by atoms with Crippen LogP contribution in [0.25, 0.3) is 11.6 Å². The molecule has 0 unspecified atom stereocenters. The fourth-order valence-corrected chi connectivity index (χ4v) is 4.71. The Morgan fingerprint density at radius 1 is 1.00 bits per heavy atom. The van der Waals surface area contributed by atoms with Gasteiger partial charge in [-0.1, -0.05) is 58.0 Å². The van der Waals surface area contributed by atoms with Gasteiger partial charge in [-0.25, -0.2) is 4.79 Å². The maximum atomic E-state index is 11.6. The van der Waals surface area contributed by atoms with Crippen LogP contribution in [0.5, 0.6) is 0 Å². The lowest BCUT2D eigenvalue weighted by Crippen LogP contribution is -2.17. The number of esters is 1. The normalized spacial score (nSPS) is 17.5. The van der Waals surface area contributed by atoms with Gasteiger partial charge in [-0.3, -0.25) is 0 Å². The van der Waals surface area contributed by atoms with Crippen molar-refractivity contribution in [1.29, 1.82) is 0 Å². The molecule has 0 aliphatic heterocycles. The van der Waals surface area contributed by atoms with Gasteiger partial charge in [0.25, 0.3) is 0 Å². The van der Waals surface area contributed by atoms with Gasteiger partial charge in [-0.05, 0) is 76.6 Å². The molecule has 1 aliphatic rings. The monoisotopic (exact) mass is 362 g/mol. The van der Waals surface area contributed by atoms with E-state index < -0.39 is 0 Å². The summed E-state index contributed by atoms with van der Waals surface area (Å²) in [6.45, 7) is 13.8. The van der Waals surface area contributed by atoms with E-state index in [2.05, 4.69) is 59.8 Å². The highest BCUT2D eigenvalue weighted by Gasteiger charge is 2.42. The molecule has 2 heteroatoms.